The van der Waals surface area contributed by atoms with Gasteiger partial charge in [-0.15, -0.1) is 0 Å². The molecule has 0 saturated carbocycles. The molecule has 0 bridgehead atoms. The van der Waals surface area contributed by atoms with Gasteiger partial charge in [-0.1, -0.05) is 106 Å². The van der Waals surface area contributed by atoms with E-state index in [0.717, 1.165) is 12.8 Å². The Kier molecular flexibility index (Phi) is 22.1. The van der Waals surface area contributed by atoms with Crippen LogP contribution in [-0.2, 0) is 18.3 Å². The lowest BCUT2D eigenvalue weighted by molar-refractivity contribution is 0.00250. The summed E-state index contributed by atoms with van der Waals surface area (Å²) in [5.74, 6) is 0. The number of ether oxygens (including phenoxy) is 1. The van der Waals surface area contributed by atoms with Crippen molar-refractivity contribution in [2.45, 2.75) is 103 Å². The fraction of sp³-hybridized carbons (Fsp3) is 1.00. The maximum absolute atomic E-state index is 11.4. The first kappa shape index (κ1) is 29.5. The number of hydrogen-bond acceptors (Lipinski definition) is 5. The summed E-state index contributed by atoms with van der Waals surface area (Å²) < 4.78 is 26.2. The first-order valence-corrected chi connectivity index (χ1v) is 14.1. The van der Waals surface area contributed by atoms with E-state index in [2.05, 4.69) is 27.4 Å². The van der Waals surface area contributed by atoms with E-state index in [4.69, 9.17) is 9.26 Å². The Labute approximate surface area is 186 Å². The van der Waals surface area contributed by atoms with E-state index in [1.807, 2.05) is 0 Å². The lowest BCUT2D eigenvalue weighted by atomic mass is 10.0. The van der Waals surface area contributed by atoms with Crippen molar-refractivity contribution >= 4 is 23.8 Å². The molecule has 0 aromatic heterocycles. The van der Waals surface area contributed by atoms with E-state index in [9.17, 15) is 14.6 Å². The molecule has 0 heterocycles. The second kappa shape index (κ2) is 21.7. The summed E-state index contributed by atoms with van der Waals surface area (Å²) in [6.45, 7) is 2.73. The number of unbranched alkanes of at least 4 members (excludes halogenated alkanes) is 13. The van der Waals surface area contributed by atoms with Crippen molar-refractivity contribution in [1.82, 2.24) is 0 Å². The molecule has 0 fully saturated rings. The molecule has 0 rings (SSSR count). The van der Waals surface area contributed by atoms with Crippen LogP contribution in [0.1, 0.15) is 96.8 Å². The molecule has 0 radical (unpaired) electrons. The second-order valence-electron chi connectivity index (χ2n) is 7.61. The smallest absolute Gasteiger partial charge is 0.388 e. The topological polar surface area (TPSA) is 85.2 Å². The highest BCUT2D eigenvalue weighted by molar-refractivity contribution is 9.09. The predicted molar refractivity (Wildman–Crippen MR) is 123 cm³/mol. The number of rotatable bonds is 23. The van der Waals surface area contributed by atoms with E-state index in [-0.39, 0.29) is 19.8 Å². The van der Waals surface area contributed by atoms with Gasteiger partial charge in [0.25, 0.3) is 0 Å². The molecule has 0 aromatic rings. The van der Waals surface area contributed by atoms with Crippen molar-refractivity contribution in [2.75, 3.05) is 31.8 Å². The monoisotopic (exact) mass is 502 g/mol. The Morgan fingerprint density at radius 2 is 1.24 bits per heavy atom. The highest BCUT2D eigenvalue weighted by Gasteiger charge is 2.22. The quantitative estimate of drug-likeness (QED) is 0.0957. The molecule has 1 unspecified atom stereocenters. The zero-order valence-corrected chi connectivity index (χ0v) is 20.8. The van der Waals surface area contributed by atoms with Crippen LogP contribution in [0.4, 0.5) is 0 Å². The Hall–Kier alpha value is 0.510. The summed E-state index contributed by atoms with van der Waals surface area (Å²) in [7, 11) is -4.08. The van der Waals surface area contributed by atoms with Crippen molar-refractivity contribution < 1.29 is 28.3 Å². The molecular weight excluding hydrogens is 459 g/mol. The van der Waals surface area contributed by atoms with Gasteiger partial charge >= 0.3 is 7.82 Å². The molecule has 2 N–H and O–H groups in total. The lowest BCUT2D eigenvalue weighted by Gasteiger charge is -2.15. The minimum absolute atomic E-state index is 0.0689. The van der Waals surface area contributed by atoms with Gasteiger partial charge in [-0.25, -0.2) is 4.57 Å². The van der Waals surface area contributed by atoms with Crippen LogP contribution in [0.3, 0.4) is 0 Å². The third-order valence-electron chi connectivity index (χ3n) is 4.71. The van der Waals surface area contributed by atoms with E-state index < -0.39 is 13.9 Å². The summed E-state index contributed by atoms with van der Waals surface area (Å²) in [6, 6.07) is 0. The van der Waals surface area contributed by atoms with Crippen molar-refractivity contribution in [3.63, 3.8) is 0 Å². The average molecular weight is 503 g/mol. The van der Waals surface area contributed by atoms with Crippen LogP contribution in [0.25, 0.3) is 0 Å². The molecule has 6 nitrogen and oxygen atoms in total. The molecule has 0 amide bonds. The van der Waals surface area contributed by atoms with Gasteiger partial charge in [0.2, 0.25) is 0 Å². The van der Waals surface area contributed by atoms with Crippen LogP contribution in [0.15, 0.2) is 0 Å². The van der Waals surface area contributed by atoms with E-state index in [1.165, 1.54) is 77.0 Å². The SMILES string of the molecule is CCCCCCCCCCCCCCCCOC[C@@H](O)COP(=O)(O)OCCBr. The van der Waals surface area contributed by atoms with E-state index in [1.54, 1.807) is 0 Å². The maximum Gasteiger partial charge on any atom is 0.472 e. The van der Waals surface area contributed by atoms with Crippen LogP contribution in [-0.4, -0.2) is 47.9 Å². The summed E-state index contributed by atoms with van der Waals surface area (Å²) in [4.78, 5) is 9.35. The number of alkyl halides is 1. The summed E-state index contributed by atoms with van der Waals surface area (Å²) in [5.41, 5.74) is 0. The number of hydrogen-bond donors (Lipinski definition) is 2. The molecule has 0 aliphatic rings. The average Bonchev–Trinajstić information content (AvgIpc) is 2.70. The Morgan fingerprint density at radius 1 is 0.759 bits per heavy atom. The Bertz CT molecular complexity index is 386. The van der Waals surface area contributed by atoms with Crippen LogP contribution < -0.4 is 0 Å². The van der Waals surface area contributed by atoms with Crippen LogP contribution in [0.2, 0.25) is 0 Å². The highest BCUT2D eigenvalue weighted by Crippen LogP contribution is 2.43. The van der Waals surface area contributed by atoms with Gasteiger partial charge in [0.15, 0.2) is 0 Å². The van der Waals surface area contributed by atoms with E-state index in [0.29, 0.717) is 11.9 Å². The molecule has 0 aliphatic heterocycles. The molecular formula is C21H44BrO6P. The van der Waals surface area contributed by atoms with Crippen molar-refractivity contribution in [2.24, 2.45) is 0 Å². The van der Waals surface area contributed by atoms with Gasteiger partial charge in [-0.05, 0) is 6.42 Å². The van der Waals surface area contributed by atoms with Gasteiger partial charge in [0.1, 0.15) is 6.10 Å². The number of phosphoric ester groups is 1. The minimum Gasteiger partial charge on any atom is -0.388 e. The normalized spacial score (nSPS) is 14.8. The summed E-state index contributed by atoms with van der Waals surface area (Å²) >= 11 is 3.09. The van der Waals surface area contributed by atoms with Crippen molar-refractivity contribution in [1.29, 1.82) is 0 Å². The summed E-state index contributed by atoms with van der Waals surface area (Å²) in [6.07, 6.45) is 17.5. The number of aliphatic hydroxyl groups is 1. The molecule has 0 aliphatic carbocycles. The van der Waals surface area contributed by atoms with Gasteiger partial charge in [0.05, 0.1) is 19.8 Å². The lowest BCUT2D eigenvalue weighted by Crippen LogP contribution is -2.21. The van der Waals surface area contributed by atoms with Crippen LogP contribution in [0.5, 0.6) is 0 Å². The van der Waals surface area contributed by atoms with Gasteiger partial charge < -0.3 is 14.7 Å². The van der Waals surface area contributed by atoms with Gasteiger partial charge in [-0.3, -0.25) is 9.05 Å². The zero-order chi connectivity index (χ0) is 21.6. The third kappa shape index (κ3) is 23.0. The summed E-state index contributed by atoms with van der Waals surface area (Å²) in [5, 5.41) is 10.1. The van der Waals surface area contributed by atoms with Gasteiger partial charge in [-0.2, -0.15) is 0 Å². The fourth-order valence-electron chi connectivity index (χ4n) is 3.03. The van der Waals surface area contributed by atoms with Crippen molar-refractivity contribution in [3.8, 4) is 0 Å². The van der Waals surface area contributed by atoms with E-state index >= 15 is 0 Å². The molecule has 0 saturated heterocycles. The number of aliphatic hydroxyl groups excluding tert-OH is 1. The Morgan fingerprint density at radius 3 is 1.72 bits per heavy atom. The standard InChI is InChI=1S/C21H44BrO6P/c1-2-3-4-5-6-7-8-9-10-11-12-13-14-15-17-26-19-21(23)20-28-29(24,25)27-18-16-22/h21,23H,2-20H2,1H3,(H,24,25)/t21-/m1/s1. The van der Waals surface area contributed by atoms with Crippen molar-refractivity contribution in [3.05, 3.63) is 0 Å². The molecule has 176 valence electrons. The second-order valence-corrected chi connectivity index (χ2v) is 9.86. The highest BCUT2D eigenvalue weighted by atomic mass is 79.9. The first-order chi connectivity index (χ1) is 14.0. The first-order valence-electron chi connectivity index (χ1n) is 11.5. The largest absolute Gasteiger partial charge is 0.472 e. The Balaban J connectivity index is 3.27. The third-order valence-corrected chi connectivity index (χ3v) is 6.02. The minimum atomic E-state index is -4.08. The number of halogens is 1. The zero-order valence-electron chi connectivity index (χ0n) is 18.4. The molecule has 29 heavy (non-hydrogen) atoms. The van der Waals surface area contributed by atoms with Crippen LogP contribution >= 0.6 is 23.8 Å². The maximum atomic E-state index is 11.4. The number of phosphoric acid groups is 1. The fourth-order valence-corrected chi connectivity index (χ4v) is 4.20. The molecule has 2 atom stereocenters. The molecule has 0 aromatic carbocycles. The molecule has 8 heteroatoms. The molecule has 0 spiro atoms. The van der Waals surface area contributed by atoms with Gasteiger partial charge in [0, 0.05) is 11.9 Å². The van der Waals surface area contributed by atoms with Crippen LogP contribution in [0, 0.1) is 0 Å². The predicted octanol–water partition coefficient (Wildman–Crippen LogP) is 6.37.